The first kappa shape index (κ1) is 12.7. The number of nitrogen functional groups attached to an aromatic ring is 1. The van der Waals surface area contributed by atoms with E-state index in [0.29, 0.717) is 22.5 Å². The third kappa shape index (κ3) is 2.26. The fourth-order valence-electron chi connectivity index (χ4n) is 4.09. The van der Waals surface area contributed by atoms with Crippen LogP contribution in [-0.4, -0.2) is 16.5 Å². The van der Waals surface area contributed by atoms with Crippen molar-refractivity contribution in [2.75, 3.05) is 17.6 Å². The summed E-state index contributed by atoms with van der Waals surface area (Å²) >= 11 is 0. The molecule has 0 spiro atoms. The molecule has 2 bridgehead atoms. The van der Waals surface area contributed by atoms with Crippen molar-refractivity contribution >= 4 is 22.5 Å². The number of fused-ring (bicyclic) bond motifs is 3. The molecule has 3 unspecified atom stereocenters. The quantitative estimate of drug-likeness (QED) is 0.755. The third-order valence-corrected chi connectivity index (χ3v) is 5.15. The van der Waals surface area contributed by atoms with Crippen LogP contribution in [0.15, 0.2) is 23.0 Å². The second-order valence-corrected chi connectivity index (χ2v) is 6.51. The van der Waals surface area contributed by atoms with Gasteiger partial charge in [-0.2, -0.15) is 0 Å². The fourth-order valence-corrected chi connectivity index (χ4v) is 4.09. The lowest BCUT2D eigenvalue weighted by Gasteiger charge is -2.21. The smallest absolute Gasteiger partial charge is 0.260 e. The van der Waals surface area contributed by atoms with Crippen LogP contribution in [0.25, 0.3) is 10.9 Å². The highest BCUT2D eigenvalue weighted by molar-refractivity contribution is 5.81. The fraction of sp³-hybridized carbons (Fsp3) is 0.500. The molecule has 2 aliphatic rings. The average Bonchev–Trinajstić information content (AvgIpc) is 3.08. The van der Waals surface area contributed by atoms with E-state index in [-0.39, 0.29) is 5.56 Å². The standard InChI is InChI=1S/C16H20N4O/c17-12-3-4-14-13(7-12)15(21)20-16(19-14)18-8-11-6-9-1-2-10(11)5-9/h3-4,7,9-11H,1-2,5-6,8,17H2,(H2,18,19,20,21). The van der Waals surface area contributed by atoms with E-state index in [0.717, 1.165) is 24.3 Å². The zero-order valence-corrected chi connectivity index (χ0v) is 11.9. The van der Waals surface area contributed by atoms with Gasteiger partial charge in [0, 0.05) is 12.2 Å². The number of anilines is 2. The number of aromatic amines is 1. The Balaban J connectivity index is 1.54. The van der Waals surface area contributed by atoms with E-state index >= 15 is 0 Å². The van der Waals surface area contributed by atoms with E-state index in [2.05, 4.69) is 15.3 Å². The monoisotopic (exact) mass is 284 g/mol. The van der Waals surface area contributed by atoms with Crippen molar-refractivity contribution < 1.29 is 0 Å². The third-order valence-electron chi connectivity index (χ3n) is 5.15. The Labute approximate surface area is 123 Å². The van der Waals surface area contributed by atoms with E-state index in [4.69, 9.17) is 5.73 Å². The van der Waals surface area contributed by atoms with Crippen LogP contribution in [0.2, 0.25) is 0 Å². The van der Waals surface area contributed by atoms with Crippen LogP contribution in [0.1, 0.15) is 25.7 Å². The highest BCUT2D eigenvalue weighted by atomic mass is 16.1. The van der Waals surface area contributed by atoms with Gasteiger partial charge in [-0.3, -0.25) is 9.78 Å². The van der Waals surface area contributed by atoms with Gasteiger partial charge in [0.1, 0.15) is 0 Å². The minimum absolute atomic E-state index is 0.136. The number of nitrogens with two attached hydrogens (primary N) is 1. The predicted octanol–water partition coefficient (Wildman–Crippen LogP) is 2.35. The van der Waals surface area contributed by atoms with Crippen molar-refractivity contribution in [1.29, 1.82) is 0 Å². The lowest BCUT2D eigenvalue weighted by atomic mass is 9.89. The number of aromatic nitrogens is 2. The summed E-state index contributed by atoms with van der Waals surface area (Å²) in [5, 5.41) is 3.86. The maximum absolute atomic E-state index is 12.1. The summed E-state index contributed by atoms with van der Waals surface area (Å²) in [6, 6.07) is 5.23. The topological polar surface area (TPSA) is 83.8 Å². The van der Waals surface area contributed by atoms with Crippen LogP contribution in [0.3, 0.4) is 0 Å². The van der Waals surface area contributed by atoms with Crippen molar-refractivity contribution in [2.45, 2.75) is 25.7 Å². The lowest BCUT2D eigenvalue weighted by molar-refractivity contribution is 0.348. The van der Waals surface area contributed by atoms with Crippen molar-refractivity contribution in [3.8, 4) is 0 Å². The number of nitrogens with zero attached hydrogens (tertiary/aromatic N) is 1. The summed E-state index contributed by atoms with van der Waals surface area (Å²) in [6.07, 6.45) is 5.50. The van der Waals surface area contributed by atoms with Gasteiger partial charge in [0.15, 0.2) is 0 Å². The van der Waals surface area contributed by atoms with E-state index in [1.807, 2.05) is 0 Å². The van der Waals surface area contributed by atoms with Crippen molar-refractivity contribution in [3.05, 3.63) is 28.6 Å². The Morgan fingerprint density at radius 3 is 3.00 bits per heavy atom. The SMILES string of the molecule is Nc1ccc2nc(NCC3CC4CCC3C4)[nH]c(=O)c2c1. The predicted molar refractivity (Wildman–Crippen MR) is 84.2 cm³/mol. The highest BCUT2D eigenvalue weighted by Gasteiger charge is 2.39. The number of hydrogen-bond acceptors (Lipinski definition) is 4. The van der Waals surface area contributed by atoms with E-state index < -0.39 is 0 Å². The summed E-state index contributed by atoms with van der Waals surface area (Å²) in [6.45, 7) is 0.907. The molecule has 5 heteroatoms. The molecule has 1 aromatic carbocycles. The number of rotatable bonds is 3. The van der Waals surface area contributed by atoms with Crippen LogP contribution in [-0.2, 0) is 0 Å². The Bertz CT molecular complexity index is 739. The number of hydrogen-bond donors (Lipinski definition) is 3. The maximum Gasteiger partial charge on any atom is 0.260 e. The second kappa shape index (κ2) is 4.76. The molecule has 2 aromatic rings. The lowest BCUT2D eigenvalue weighted by Crippen LogP contribution is -2.22. The van der Waals surface area contributed by atoms with Gasteiger partial charge in [0.2, 0.25) is 5.95 Å². The summed E-state index contributed by atoms with van der Waals surface area (Å²) in [4.78, 5) is 19.4. The Kier molecular flexibility index (Phi) is 2.87. The van der Waals surface area contributed by atoms with Crippen LogP contribution >= 0.6 is 0 Å². The molecule has 110 valence electrons. The van der Waals surface area contributed by atoms with Crippen LogP contribution in [0.4, 0.5) is 11.6 Å². The van der Waals surface area contributed by atoms with Gasteiger partial charge in [0.05, 0.1) is 10.9 Å². The summed E-state index contributed by atoms with van der Waals surface area (Å²) in [5.41, 5.74) is 6.84. The number of H-pyrrole nitrogens is 1. The molecule has 5 nitrogen and oxygen atoms in total. The summed E-state index contributed by atoms with van der Waals surface area (Å²) in [7, 11) is 0. The molecule has 0 saturated heterocycles. The Hall–Kier alpha value is -2.04. The van der Waals surface area contributed by atoms with Crippen LogP contribution in [0.5, 0.6) is 0 Å². The Morgan fingerprint density at radius 2 is 2.24 bits per heavy atom. The molecule has 0 radical (unpaired) electrons. The normalized spacial score (nSPS) is 27.3. The van der Waals surface area contributed by atoms with Gasteiger partial charge in [-0.1, -0.05) is 6.42 Å². The first-order valence-electron chi connectivity index (χ1n) is 7.72. The molecule has 4 rings (SSSR count). The van der Waals surface area contributed by atoms with Gasteiger partial charge < -0.3 is 11.1 Å². The molecule has 0 aliphatic heterocycles. The van der Waals surface area contributed by atoms with Gasteiger partial charge in [-0.25, -0.2) is 4.98 Å². The zero-order chi connectivity index (χ0) is 14.4. The van der Waals surface area contributed by atoms with Gasteiger partial charge >= 0.3 is 0 Å². The van der Waals surface area contributed by atoms with E-state index in [9.17, 15) is 4.79 Å². The first-order chi connectivity index (χ1) is 10.2. The molecule has 4 N–H and O–H groups in total. The summed E-state index contributed by atoms with van der Waals surface area (Å²) < 4.78 is 0. The molecule has 2 saturated carbocycles. The average molecular weight is 284 g/mol. The highest BCUT2D eigenvalue weighted by Crippen LogP contribution is 2.48. The van der Waals surface area contributed by atoms with Gasteiger partial charge in [0.25, 0.3) is 5.56 Å². The molecule has 1 heterocycles. The largest absolute Gasteiger partial charge is 0.399 e. The number of nitrogens with one attached hydrogen (secondary N) is 2. The van der Waals surface area contributed by atoms with Gasteiger partial charge in [-0.05, 0) is 55.2 Å². The Morgan fingerprint density at radius 1 is 1.33 bits per heavy atom. The zero-order valence-electron chi connectivity index (χ0n) is 11.9. The van der Waals surface area contributed by atoms with Crippen molar-refractivity contribution in [3.63, 3.8) is 0 Å². The molecular formula is C16H20N4O. The molecular weight excluding hydrogens is 264 g/mol. The second-order valence-electron chi connectivity index (χ2n) is 6.51. The van der Waals surface area contributed by atoms with E-state index in [1.54, 1.807) is 18.2 Å². The summed E-state index contributed by atoms with van der Waals surface area (Å²) in [5.74, 6) is 3.11. The van der Waals surface area contributed by atoms with Crippen LogP contribution < -0.4 is 16.6 Å². The molecule has 2 aliphatic carbocycles. The van der Waals surface area contributed by atoms with E-state index in [1.165, 1.54) is 25.7 Å². The van der Waals surface area contributed by atoms with Crippen LogP contribution in [0, 0.1) is 17.8 Å². The van der Waals surface area contributed by atoms with Crippen molar-refractivity contribution in [1.82, 2.24) is 9.97 Å². The number of benzene rings is 1. The molecule has 21 heavy (non-hydrogen) atoms. The maximum atomic E-state index is 12.1. The molecule has 0 amide bonds. The first-order valence-corrected chi connectivity index (χ1v) is 7.72. The van der Waals surface area contributed by atoms with Crippen molar-refractivity contribution in [2.24, 2.45) is 17.8 Å². The molecule has 1 aromatic heterocycles. The minimum Gasteiger partial charge on any atom is -0.399 e. The van der Waals surface area contributed by atoms with Gasteiger partial charge in [-0.15, -0.1) is 0 Å². The molecule has 3 atom stereocenters. The molecule has 2 fully saturated rings. The minimum atomic E-state index is -0.136.